The first kappa shape index (κ1) is 16.2. The van der Waals surface area contributed by atoms with Gasteiger partial charge in [-0.2, -0.15) is 5.10 Å². The number of rotatable bonds is 2. The molecule has 0 N–H and O–H groups in total. The lowest BCUT2D eigenvalue weighted by molar-refractivity contribution is 0.0737. The van der Waals surface area contributed by atoms with Crippen molar-refractivity contribution < 1.29 is 4.79 Å². The summed E-state index contributed by atoms with van der Waals surface area (Å²) in [7, 11) is 1.74. The number of carbonyl (C=O) groups is 1. The monoisotopic (exact) mass is 350 g/mol. The van der Waals surface area contributed by atoms with Crippen molar-refractivity contribution in [2.75, 3.05) is 31.1 Å². The van der Waals surface area contributed by atoms with Crippen molar-refractivity contribution in [1.82, 2.24) is 24.6 Å². The molecule has 0 unspecified atom stereocenters. The number of para-hydroxylation sites is 1. The Morgan fingerprint density at radius 3 is 2.42 bits per heavy atom. The van der Waals surface area contributed by atoms with E-state index in [2.05, 4.69) is 15.1 Å². The van der Waals surface area contributed by atoms with E-state index >= 15 is 0 Å². The summed E-state index contributed by atoms with van der Waals surface area (Å²) in [6.07, 6.45) is 3.39. The lowest BCUT2D eigenvalue weighted by atomic mass is 10.2. The average Bonchev–Trinajstić information content (AvgIpc) is 2.71. The van der Waals surface area contributed by atoms with E-state index in [1.54, 1.807) is 47.2 Å². The highest BCUT2D eigenvalue weighted by molar-refractivity contribution is 5.95. The van der Waals surface area contributed by atoms with Crippen LogP contribution < -0.4 is 10.3 Å². The number of fused-ring (bicyclic) bond motifs is 1. The SMILES string of the molecule is Cn1nc(C(=O)N2CCN(c3ncccn3)CC2)c(=O)c2ccccc21. The normalized spacial score (nSPS) is 14.7. The standard InChI is InChI=1S/C18H18N6O2/c1-22-14-6-3-2-5-13(14)16(25)15(21-22)17(26)23-9-11-24(12-10-23)18-19-7-4-8-20-18/h2-8H,9-12H2,1H3. The molecule has 0 aliphatic carbocycles. The van der Waals surface area contributed by atoms with Crippen LogP contribution in [0.4, 0.5) is 5.95 Å². The second-order valence-electron chi connectivity index (χ2n) is 6.15. The number of hydrogen-bond donors (Lipinski definition) is 0. The van der Waals surface area contributed by atoms with Gasteiger partial charge in [0.25, 0.3) is 5.91 Å². The van der Waals surface area contributed by atoms with Gasteiger partial charge in [0.15, 0.2) is 5.69 Å². The Hall–Kier alpha value is -3.29. The van der Waals surface area contributed by atoms with Crippen LogP contribution in [-0.2, 0) is 7.05 Å². The van der Waals surface area contributed by atoms with E-state index in [1.165, 1.54) is 0 Å². The molecule has 1 aliphatic heterocycles. The van der Waals surface area contributed by atoms with Gasteiger partial charge in [-0.05, 0) is 18.2 Å². The van der Waals surface area contributed by atoms with Crippen molar-refractivity contribution in [3.8, 4) is 0 Å². The molecule has 132 valence electrons. The van der Waals surface area contributed by atoms with Crippen molar-refractivity contribution in [2.24, 2.45) is 7.05 Å². The number of nitrogens with zero attached hydrogens (tertiary/aromatic N) is 6. The first-order valence-electron chi connectivity index (χ1n) is 8.42. The highest BCUT2D eigenvalue weighted by Crippen LogP contribution is 2.13. The van der Waals surface area contributed by atoms with E-state index in [0.717, 1.165) is 0 Å². The Kier molecular flexibility index (Phi) is 4.08. The smallest absolute Gasteiger partial charge is 0.278 e. The zero-order valence-electron chi connectivity index (χ0n) is 14.4. The third kappa shape index (κ3) is 2.79. The van der Waals surface area contributed by atoms with E-state index in [1.807, 2.05) is 17.0 Å². The lowest BCUT2D eigenvalue weighted by Crippen LogP contribution is -2.50. The molecule has 0 spiro atoms. The fourth-order valence-corrected chi connectivity index (χ4v) is 3.18. The minimum atomic E-state index is -0.329. The molecule has 1 fully saturated rings. The van der Waals surface area contributed by atoms with Crippen molar-refractivity contribution >= 4 is 22.8 Å². The quantitative estimate of drug-likeness (QED) is 0.676. The average molecular weight is 350 g/mol. The van der Waals surface area contributed by atoms with Crippen LogP contribution in [-0.4, -0.2) is 56.7 Å². The fraction of sp³-hybridized carbons (Fsp3) is 0.278. The molecule has 8 nitrogen and oxygen atoms in total. The third-order valence-electron chi connectivity index (χ3n) is 4.57. The second kappa shape index (κ2) is 6.55. The Morgan fingerprint density at radius 1 is 1.00 bits per heavy atom. The molecule has 4 rings (SSSR count). The minimum Gasteiger partial charge on any atom is -0.337 e. The summed E-state index contributed by atoms with van der Waals surface area (Å²) in [5, 5.41) is 4.73. The van der Waals surface area contributed by atoms with Gasteiger partial charge in [-0.3, -0.25) is 14.3 Å². The zero-order valence-corrected chi connectivity index (χ0v) is 14.4. The Balaban J connectivity index is 1.57. The van der Waals surface area contributed by atoms with Crippen LogP contribution in [0.15, 0.2) is 47.5 Å². The maximum atomic E-state index is 12.9. The van der Waals surface area contributed by atoms with E-state index in [-0.39, 0.29) is 17.0 Å². The number of carbonyl (C=O) groups excluding carboxylic acids is 1. The van der Waals surface area contributed by atoms with Gasteiger partial charge in [-0.15, -0.1) is 0 Å². The highest BCUT2D eigenvalue weighted by Gasteiger charge is 2.26. The molecule has 1 aromatic carbocycles. The molecule has 3 heterocycles. The number of piperazine rings is 1. The molecule has 0 atom stereocenters. The first-order valence-corrected chi connectivity index (χ1v) is 8.42. The van der Waals surface area contributed by atoms with Crippen molar-refractivity contribution in [3.63, 3.8) is 0 Å². The van der Waals surface area contributed by atoms with Gasteiger partial charge >= 0.3 is 0 Å². The Morgan fingerprint density at radius 2 is 1.69 bits per heavy atom. The zero-order chi connectivity index (χ0) is 18.1. The van der Waals surface area contributed by atoms with Crippen LogP contribution in [0.5, 0.6) is 0 Å². The summed E-state index contributed by atoms with van der Waals surface area (Å²) in [5.41, 5.74) is 0.355. The fourth-order valence-electron chi connectivity index (χ4n) is 3.18. The van der Waals surface area contributed by atoms with Crippen molar-refractivity contribution in [3.05, 3.63) is 58.6 Å². The maximum Gasteiger partial charge on any atom is 0.278 e. The molecule has 1 saturated heterocycles. The molecule has 1 amide bonds. The summed E-state index contributed by atoms with van der Waals surface area (Å²) in [6.45, 7) is 2.22. The number of hydrogen-bond acceptors (Lipinski definition) is 6. The van der Waals surface area contributed by atoms with Gasteiger partial charge < -0.3 is 9.80 Å². The Labute approximate surface area is 149 Å². The Bertz CT molecular complexity index is 1010. The summed E-state index contributed by atoms with van der Waals surface area (Å²) in [6, 6.07) is 8.94. The summed E-state index contributed by atoms with van der Waals surface area (Å²) < 4.78 is 1.58. The lowest BCUT2D eigenvalue weighted by Gasteiger charge is -2.34. The second-order valence-corrected chi connectivity index (χ2v) is 6.15. The predicted octanol–water partition coefficient (Wildman–Crippen LogP) is 0.686. The number of aryl methyl sites for hydroxylation is 1. The van der Waals surface area contributed by atoms with Crippen LogP contribution in [0.25, 0.3) is 10.9 Å². The summed E-state index contributed by atoms with van der Waals surface area (Å²) in [4.78, 5) is 37.7. The maximum absolute atomic E-state index is 12.9. The third-order valence-corrected chi connectivity index (χ3v) is 4.57. The van der Waals surface area contributed by atoms with Gasteiger partial charge in [-0.1, -0.05) is 12.1 Å². The largest absolute Gasteiger partial charge is 0.337 e. The van der Waals surface area contributed by atoms with Gasteiger partial charge in [0.1, 0.15) is 0 Å². The molecule has 1 aliphatic rings. The number of benzene rings is 1. The van der Waals surface area contributed by atoms with Crippen LogP contribution >= 0.6 is 0 Å². The van der Waals surface area contributed by atoms with E-state index in [9.17, 15) is 9.59 Å². The molecule has 26 heavy (non-hydrogen) atoms. The van der Waals surface area contributed by atoms with Gasteiger partial charge in [0, 0.05) is 51.0 Å². The van der Waals surface area contributed by atoms with Gasteiger partial charge in [0.2, 0.25) is 11.4 Å². The first-order chi connectivity index (χ1) is 12.6. The molecular weight excluding hydrogens is 332 g/mol. The number of amides is 1. The number of aromatic nitrogens is 4. The van der Waals surface area contributed by atoms with Crippen LogP contribution in [0.3, 0.4) is 0 Å². The highest BCUT2D eigenvalue weighted by atomic mass is 16.2. The topological polar surface area (TPSA) is 84.2 Å². The van der Waals surface area contributed by atoms with Crippen molar-refractivity contribution in [1.29, 1.82) is 0 Å². The van der Waals surface area contributed by atoms with Gasteiger partial charge in [0.05, 0.1) is 5.52 Å². The molecular formula is C18H18N6O2. The van der Waals surface area contributed by atoms with E-state index in [0.29, 0.717) is 43.0 Å². The van der Waals surface area contributed by atoms with Gasteiger partial charge in [-0.25, -0.2) is 9.97 Å². The van der Waals surface area contributed by atoms with Crippen molar-refractivity contribution in [2.45, 2.75) is 0 Å². The van der Waals surface area contributed by atoms with E-state index in [4.69, 9.17) is 0 Å². The van der Waals surface area contributed by atoms with E-state index < -0.39 is 0 Å². The van der Waals surface area contributed by atoms with Crippen LogP contribution in [0, 0.1) is 0 Å². The molecule has 0 radical (unpaired) electrons. The predicted molar refractivity (Wildman–Crippen MR) is 97.1 cm³/mol. The summed E-state index contributed by atoms with van der Waals surface area (Å²) >= 11 is 0. The molecule has 3 aromatic rings. The van der Waals surface area contributed by atoms with Crippen LogP contribution in [0.1, 0.15) is 10.5 Å². The molecule has 8 heteroatoms. The van der Waals surface area contributed by atoms with Crippen LogP contribution in [0.2, 0.25) is 0 Å². The molecule has 0 bridgehead atoms. The number of anilines is 1. The molecule has 0 saturated carbocycles. The molecule has 2 aromatic heterocycles. The summed E-state index contributed by atoms with van der Waals surface area (Å²) in [5.74, 6) is 0.323. The minimum absolute atomic E-state index is 0.0318.